The Balaban J connectivity index is 2.45. The first-order valence-corrected chi connectivity index (χ1v) is 5.32. The smallest absolute Gasteiger partial charge is 0.326 e. The monoisotopic (exact) mass is 267 g/mol. The minimum absolute atomic E-state index is 0.374. The summed E-state index contributed by atoms with van der Waals surface area (Å²) in [5.74, 6) is -2.45. The van der Waals surface area contributed by atoms with Crippen LogP contribution in [0.2, 0.25) is 0 Å². The van der Waals surface area contributed by atoms with Crippen LogP contribution in [0.5, 0.6) is 5.75 Å². The van der Waals surface area contributed by atoms with Gasteiger partial charge in [-0.3, -0.25) is 14.6 Å². The van der Waals surface area contributed by atoms with Crippen molar-refractivity contribution in [3.63, 3.8) is 0 Å². The van der Waals surface area contributed by atoms with Crippen molar-refractivity contribution in [2.45, 2.75) is 12.5 Å². The maximum absolute atomic E-state index is 11.4. The predicted molar refractivity (Wildman–Crippen MR) is 63.1 cm³/mol. The number of carboxylic acid groups (broad SMARTS) is 1. The fraction of sp³-hybridized carbons (Fsp3) is 0.273. The molecule has 0 aromatic carbocycles. The summed E-state index contributed by atoms with van der Waals surface area (Å²) < 4.78 is 5.07. The van der Waals surface area contributed by atoms with Gasteiger partial charge in [-0.25, -0.2) is 4.79 Å². The van der Waals surface area contributed by atoms with Crippen molar-refractivity contribution < 1.29 is 24.2 Å². The molecule has 102 valence electrons. The van der Waals surface area contributed by atoms with E-state index in [1.165, 1.54) is 6.20 Å². The number of nitrogens with one attached hydrogen (secondary N) is 1. The maximum Gasteiger partial charge on any atom is 0.326 e. The van der Waals surface area contributed by atoms with Crippen LogP contribution < -0.4 is 15.8 Å². The van der Waals surface area contributed by atoms with Crippen LogP contribution in [0.25, 0.3) is 0 Å². The zero-order valence-electron chi connectivity index (χ0n) is 9.91. The maximum atomic E-state index is 11.4. The standard InChI is InChI=1S/C11H13N3O5/c12-9(15)4-8(11(17)18)14-10(16)6-19-7-2-1-3-13-5-7/h1-3,5,8H,4,6H2,(H2,12,15)(H,14,16)(H,17,18). The van der Waals surface area contributed by atoms with Gasteiger partial charge in [-0.2, -0.15) is 0 Å². The van der Waals surface area contributed by atoms with Crippen LogP contribution in [-0.2, 0) is 14.4 Å². The lowest BCUT2D eigenvalue weighted by atomic mass is 10.2. The number of carbonyl (C=O) groups is 3. The molecule has 19 heavy (non-hydrogen) atoms. The zero-order chi connectivity index (χ0) is 14.3. The van der Waals surface area contributed by atoms with E-state index in [0.717, 1.165) is 0 Å². The van der Waals surface area contributed by atoms with Crippen molar-refractivity contribution in [3.8, 4) is 5.75 Å². The summed E-state index contributed by atoms with van der Waals surface area (Å²) in [6.07, 6.45) is 2.47. The van der Waals surface area contributed by atoms with Crippen LogP contribution in [0.1, 0.15) is 6.42 Å². The fourth-order valence-corrected chi connectivity index (χ4v) is 1.22. The van der Waals surface area contributed by atoms with Crippen molar-refractivity contribution in [2.24, 2.45) is 5.73 Å². The van der Waals surface area contributed by atoms with Crippen molar-refractivity contribution in [2.75, 3.05) is 6.61 Å². The Morgan fingerprint density at radius 3 is 2.74 bits per heavy atom. The van der Waals surface area contributed by atoms with Gasteiger partial charge < -0.3 is 20.9 Å². The van der Waals surface area contributed by atoms with Crippen LogP contribution in [0.4, 0.5) is 0 Å². The lowest BCUT2D eigenvalue weighted by Crippen LogP contribution is -2.45. The van der Waals surface area contributed by atoms with Gasteiger partial charge in [0.1, 0.15) is 11.8 Å². The Labute approximate surface area is 108 Å². The van der Waals surface area contributed by atoms with Crippen LogP contribution in [0, 0.1) is 0 Å². The summed E-state index contributed by atoms with van der Waals surface area (Å²) >= 11 is 0. The molecule has 0 aliphatic rings. The van der Waals surface area contributed by atoms with E-state index >= 15 is 0 Å². The van der Waals surface area contributed by atoms with Crippen LogP contribution in [0.3, 0.4) is 0 Å². The van der Waals surface area contributed by atoms with Crippen molar-refractivity contribution >= 4 is 17.8 Å². The van der Waals surface area contributed by atoms with E-state index in [0.29, 0.717) is 5.75 Å². The summed E-state index contributed by atoms with van der Waals surface area (Å²) in [7, 11) is 0. The zero-order valence-corrected chi connectivity index (χ0v) is 9.91. The number of pyridine rings is 1. The second-order valence-corrected chi connectivity index (χ2v) is 3.61. The van der Waals surface area contributed by atoms with E-state index in [-0.39, 0.29) is 6.61 Å². The Morgan fingerprint density at radius 1 is 1.47 bits per heavy atom. The number of rotatable bonds is 7. The van der Waals surface area contributed by atoms with E-state index in [2.05, 4.69) is 10.3 Å². The lowest BCUT2D eigenvalue weighted by molar-refractivity contribution is -0.143. The van der Waals surface area contributed by atoms with Crippen LogP contribution in [-0.4, -0.2) is 40.5 Å². The molecule has 1 rings (SSSR count). The number of hydrogen-bond acceptors (Lipinski definition) is 5. The Kier molecular flexibility index (Phi) is 5.27. The normalized spacial score (nSPS) is 11.4. The molecule has 0 aliphatic heterocycles. The summed E-state index contributed by atoms with van der Waals surface area (Å²) in [5.41, 5.74) is 4.88. The molecule has 2 amide bonds. The predicted octanol–water partition coefficient (Wildman–Crippen LogP) is -1.09. The molecule has 8 heteroatoms. The van der Waals surface area contributed by atoms with Gasteiger partial charge >= 0.3 is 5.97 Å². The minimum atomic E-state index is -1.36. The highest BCUT2D eigenvalue weighted by Gasteiger charge is 2.22. The van der Waals surface area contributed by atoms with Gasteiger partial charge in [0.2, 0.25) is 5.91 Å². The number of aliphatic carboxylic acids is 1. The molecule has 0 radical (unpaired) electrons. The Morgan fingerprint density at radius 2 is 2.21 bits per heavy atom. The highest BCUT2D eigenvalue weighted by molar-refractivity contribution is 5.88. The van der Waals surface area contributed by atoms with Gasteiger partial charge in [0.15, 0.2) is 6.61 Å². The molecule has 0 aliphatic carbocycles. The summed E-state index contributed by atoms with van der Waals surface area (Å²) in [5, 5.41) is 10.9. The number of carboxylic acids is 1. The fourth-order valence-electron chi connectivity index (χ4n) is 1.22. The summed E-state index contributed by atoms with van der Waals surface area (Å²) in [6.45, 7) is -0.381. The van der Waals surface area contributed by atoms with Gasteiger partial charge in [0.05, 0.1) is 12.6 Å². The third kappa shape index (κ3) is 5.48. The molecule has 1 heterocycles. The van der Waals surface area contributed by atoms with Crippen LogP contribution in [0.15, 0.2) is 24.5 Å². The number of aromatic nitrogens is 1. The molecule has 1 aromatic heterocycles. The number of nitrogens with zero attached hydrogens (tertiary/aromatic N) is 1. The number of carbonyl (C=O) groups excluding carboxylic acids is 2. The molecule has 0 saturated carbocycles. The molecule has 0 saturated heterocycles. The summed E-state index contributed by atoms with van der Waals surface area (Å²) in [6, 6.07) is 1.86. The van der Waals surface area contributed by atoms with Gasteiger partial charge in [-0.05, 0) is 12.1 Å². The minimum Gasteiger partial charge on any atom is -0.482 e. The highest BCUT2D eigenvalue weighted by Crippen LogP contribution is 2.05. The van der Waals surface area contributed by atoms with E-state index in [1.807, 2.05) is 0 Å². The molecule has 4 N–H and O–H groups in total. The van der Waals surface area contributed by atoms with Gasteiger partial charge in [0, 0.05) is 6.20 Å². The largest absolute Gasteiger partial charge is 0.482 e. The molecule has 0 fully saturated rings. The number of nitrogens with two attached hydrogens (primary N) is 1. The number of amides is 2. The molecule has 0 spiro atoms. The quantitative estimate of drug-likeness (QED) is 0.575. The second-order valence-electron chi connectivity index (χ2n) is 3.61. The van der Waals surface area contributed by atoms with E-state index in [4.69, 9.17) is 15.6 Å². The molecule has 1 atom stereocenters. The molecular formula is C11H13N3O5. The van der Waals surface area contributed by atoms with Gasteiger partial charge in [-0.1, -0.05) is 0 Å². The first kappa shape index (κ1) is 14.4. The van der Waals surface area contributed by atoms with Gasteiger partial charge in [-0.15, -0.1) is 0 Å². The average molecular weight is 267 g/mol. The van der Waals surface area contributed by atoms with Gasteiger partial charge in [0.25, 0.3) is 5.91 Å². The van der Waals surface area contributed by atoms with E-state index < -0.39 is 30.2 Å². The number of ether oxygens (including phenoxy) is 1. The molecule has 1 unspecified atom stereocenters. The van der Waals surface area contributed by atoms with E-state index in [1.54, 1.807) is 18.3 Å². The first-order chi connectivity index (χ1) is 8.99. The first-order valence-electron chi connectivity index (χ1n) is 5.32. The Bertz CT molecular complexity index is 463. The van der Waals surface area contributed by atoms with Crippen LogP contribution >= 0.6 is 0 Å². The van der Waals surface area contributed by atoms with Crippen molar-refractivity contribution in [1.82, 2.24) is 10.3 Å². The average Bonchev–Trinajstić information content (AvgIpc) is 2.36. The lowest BCUT2D eigenvalue weighted by Gasteiger charge is -2.13. The number of primary amides is 1. The molecular weight excluding hydrogens is 254 g/mol. The van der Waals surface area contributed by atoms with Crippen molar-refractivity contribution in [1.29, 1.82) is 0 Å². The Hall–Kier alpha value is -2.64. The second kappa shape index (κ2) is 6.94. The molecule has 0 bridgehead atoms. The van der Waals surface area contributed by atoms with Crippen molar-refractivity contribution in [3.05, 3.63) is 24.5 Å². The third-order valence-electron chi connectivity index (χ3n) is 2.04. The molecule has 8 nitrogen and oxygen atoms in total. The molecule has 1 aromatic rings. The summed E-state index contributed by atoms with van der Waals surface area (Å²) in [4.78, 5) is 36.6. The third-order valence-corrected chi connectivity index (χ3v) is 2.04. The van der Waals surface area contributed by atoms with E-state index in [9.17, 15) is 14.4 Å². The topological polar surface area (TPSA) is 132 Å². The SMILES string of the molecule is NC(=O)CC(NC(=O)COc1cccnc1)C(=O)O. The number of hydrogen-bond donors (Lipinski definition) is 3. The highest BCUT2D eigenvalue weighted by atomic mass is 16.5.